The van der Waals surface area contributed by atoms with Crippen molar-refractivity contribution in [2.45, 2.75) is 5.33 Å². The molecule has 0 fully saturated rings. The Morgan fingerprint density at radius 3 is 2.79 bits per heavy atom. The van der Waals surface area contributed by atoms with Crippen molar-refractivity contribution in [2.24, 2.45) is 0 Å². The number of alkyl halides is 1. The third-order valence-corrected chi connectivity index (χ3v) is 3.57. The number of hydrogen-bond donors (Lipinski definition) is 0. The first-order chi connectivity index (χ1) is 6.81. The van der Waals surface area contributed by atoms with Gasteiger partial charge in [0.1, 0.15) is 10.8 Å². The number of halogens is 2. The summed E-state index contributed by atoms with van der Waals surface area (Å²) < 4.78 is 13.3. The largest absolute Gasteiger partial charge is 0.240 e. The molecule has 1 heterocycles. The van der Waals surface area contributed by atoms with Gasteiger partial charge in [0.05, 0.1) is 11.0 Å². The van der Waals surface area contributed by atoms with Crippen molar-refractivity contribution in [3.8, 4) is 11.3 Å². The summed E-state index contributed by atoms with van der Waals surface area (Å²) in [5.41, 5.74) is 1.28. The smallest absolute Gasteiger partial charge is 0.132 e. The van der Waals surface area contributed by atoms with E-state index in [1.807, 2.05) is 11.4 Å². The van der Waals surface area contributed by atoms with E-state index < -0.39 is 0 Å². The minimum Gasteiger partial charge on any atom is -0.240 e. The van der Waals surface area contributed by atoms with E-state index in [9.17, 15) is 4.39 Å². The number of rotatable bonds is 2. The molecule has 0 aliphatic carbocycles. The molecule has 14 heavy (non-hydrogen) atoms. The van der Waals surface area contributed by atoms with Gasteiger partial charge >= 0.3 is 0 Å². The Hall–Kier alpha value is -0.740. The summed E-state index contributed by atoms with van der Waals surface area (Å²) in [6, 6.07) is 6.67. The van der Waals surface area contributed by atoms with Crippen molar-refractivity contribution >= 4 is 27.3 Å². The fraction of sp³-hybridized carbons (Fsp3) is 0.100. The summed E-state index contributed by atoms with van der Waals surface area (Å²) in [4.78, 5) is 4.29. The van der Waals surface area contributed by atoms with Crippen LogP contribution < -0.4 is 0 Å². The second-order valence-corrected chi connectivity index (χ2v) is 4.24. The Morgan fingerprint density at radius 1 is 1.36 bits per heavy atom. The van der Waals surface area contributed by atoms with Crippen molar-refractivity contribution in [3.05, 3.63) is 40.5 Å². The molecule has 0 spiro atoms. The lowest BCUT2D eigenvalue weighted by Gasteiger charge is -1.97. The first kappa shape index (κ1) is 9.80. The van der Waals surface area contributed by atoms with Gasteiger partial charge in [0.15, 0.2) is 0 Å². The molecule has 0 unspecified atom stereocenters. The highest BCUT2D eigenvalue weighted by atomic mass is 79.9. The number of hydrogen-bond acceptors (Lipinski definition) is 2. The van der Waals surface area contributed by atoms with Crippen LogP contribution >= 0.6 is 27.3 Å². The number of nitrogens with zero attached hydrogens (tertiary/aromatic N) is 1. The molecular formula is C10H7BrFNS. The predicted molar refractivity (Wildman–Crippen MR) is 60.1 cm³/mol. The quantitative estimate of drug-likeness (QED) is 0.757. The average molecular weight is 272 g/mol. The van der Waals surface area contributed by atoms with E-state index in [1.165, 1.54) is 17.4 Å². The van der Waals surface area contributed by atoms with E-state index >= 15 is 0 Å². The van der Waals surface area contributed by atoms with Gasteiger partial charge in [-0.3, -0.25) is 0 Å². The maximum absolute atomic E-state index is 13.3. The molecule has 0 radical (unpaired) electrons. The van der Waals surface area contributed by atoms with Crippen LogP contribution in [0.25, 0.3) is 11.3 Å². The zero-order valence-electron chi connectivity index (χ0n) is 7.21. The van der Waals surface area contributed by atoms with Crippen LogP contribution in [-0.2, 0) is 5.33 Å². The molecule has 0 bridgehead atoms. The first-order valence-electron chi connectivity index (χ1n) is 4.06. The zero-order valence-corrected chi connectivity index (χ0v) is 9.61. The highest BCUT2D eigenvalue weighted by Crippen LogP contribution is 2.25. The van der Waals surface area contributed by atoms with E-state index in [2.05, 4.69) is 20.9 Å². The van der Waals surface area contributed by atoms with Gasteiger partial charge in [-0.1, -0.05) is 28.1 Å². The summed E-state index contributed by atoms with van der Waals surface area (Å²) in [6.45, 7) is 0. The molecular weight excluding hydrogens is 265 g/mol. The molecule has 0 aliphatic heterocycles. The first-order valence-corrected chi connectivity index (χ1v) is 6.06. The molecule has 1 aromatic carbocycles. The molecule has 0 aliphatic rings. The molecule has 0 saturated heterocycles. The normalized spacial score (nSPS) is 10.4. The maximum atomic E-state index is 13.3. The van der Waals surface area contributed by atoms with Gasteiger partial charge in [0, 0.05) is 10.9 Å². The Balaban J connectivity index is 2.44. The van der Waals surface area contributed by atoms with Crippen LogP contribution in [0, 0.1) is 5.82 Å². The Bertz CT molecular complexity index is 441. The minimum absolute atomic E-state index is 0.223. The predicted octanol–water partition coefficient (Wildman–Crippen LogP) is 3.84. The maximum Gasteiger partial charge on any atom is 0.132 e. The standard InChI is InChI=1S/C10H7BrFNS/c11-5-10-13-9(6-14-10)7-3-1-2-4-8(7)12/h1-4,6H,5H2. The lowest BCUT2D eigenvalue weighted by atomic mass is 10.2. The van der Waals surface area contributed by atoms with Gasteiger partial charge in [-0.2, -0.15) is 0 Å². The van der Waals surface area contributed by atoms with E-state index in [1.54, 1.807) is 12.1 Å². The fourth-order valence-electron chi connectivity index (χ4n) is 1.16. The van der Waals surface area contributed by atoms with Gasteiger partial charge in [-0.05, 0) is 12.1 Å². The highest BCUT2D eigenvalue weighted by molar-refractivity contribution is 9.08. The van der Waals surface area contributed by atoms with Crippen LogP contribution in [0.15, 0.2) is 29.6 Å². The summed E-state index contributed by atoms with van der Waals surface area (Å²) >= 11 is 4.84. The summed E-state index contributed by atoms with van der Waals surface area (Å²) in [7, 11) is 0. The molecule has 0 N–H and O–H groups in total. The topological polar surface area (TPSA) is 12.9 Å². The van der Waals surface area contributed by atoms with Crippen molar-refractivity contribution in [3.63, 3.8) is 0 Å². The van der Waals surface area contributed by atoms with E-state index in [0.29, 0.717) is 16.6 Å². The van der Waals surface area contributed by atoms with Gasteiger partial charge in [-0.25, -0.2) is 9.37 Å². The molecule has 2 aromatic rings. The van der Waals surface area contributed by atoms with Crippen molar-refractivity contribution < 1.29 is 4.39 Å². The third kappa shape index (κ3) is 1.86. The summed E-state index contributed by atoms with van der Waals surface area (Å²) in [5.74, 6) is -0.223. The van der Waals surface area contributed by atoms with E-state index in [-0.39, 0.29) is 5.82 Å². The van der Waals surface area contributed by atoms with Crippen LogP contribution in [0.4, 0.5) is 4.39 Å². The fourth-order valence-corrected chi connectivity index (χ4v) is 2.33. The molecule has 4 heteroatoms. The summed E-state index contributed by atoms with van der Waals surface area (Å²) in [6.07, 6.45) is 0. The Kier molecular flexibility index (Phi) is 2.93. The minimum atomic E-state index is -0.223. The van der Waals surface area contributed by atoms with Crippen molar-refractivity contribution in [2.75, 3.05) is 0 Å². The van der Waals surface area contributed by atoms with Crippen LogP contribution in [0.5, 0.6) is 0 Å². The number of thiazole rings is 1. The van der Waals surface area contributed by atoms with Gasteiger partial charge in [-0.15, -0.1) is 11.3 Å². The molecule has 0 atom stereocenters. The van der Waals surface area contributed by atoms with Crippen LogP contribution in [-0.4, -0.2) is 4.98 Å². The van der Waals surface area contributed by atoms with E-state index in [4.69, 9.17) is 0 Å². The molecule has 1 nitrogen and oxygen atoms in total. The monoisotopic (exact) mass is 271 g/mol. The molecule has 2 rings (SSSR count). The second-order valence-electron chi connectivity index (χ2n) is 2.74. The molecule has 1 aromatic heterocycles. The number of aromatic nitrogens is 1. The molecule has 0 amide bonds. The lowest BCUT2D eigenvalue weighted by Crippen LogP contribution is -1.83. The van der Waals surface area contributed by atoms with Gasteiger partial charge in [0.2, 0.25) is 0 Å². The Labute approximate surface area is 93.7 Å². The van der Waals surface area contributed by atoms with Gasteiger partial charge < -0.3 is 0 Å². The van der Waals surface area contributed by atoms with Crippen LogP contribution in [0.2, 0.25) is 0 Å². The van der Waals surface area contributed by atoms with Crippen molar-refractivity contribution in [1.29, 1.82) is 0 Å². The average Bonchev–Trinajstić information content (AvgIpc) is 2.67. The highest BCUT2D eigenvalue weighted by Gasteiger charge is 2.07. The molecule has 0 saturated carbocycles. The summed E-state index contributed by atoms with van der Waals surface area (Å²) in [5, 5.41) is 3.55. The van der Waals surface area contributed by atoms with Crippen LogP contribution in [0.1, 0.15) is 5.01 Å². The molecule has 72 valence electrons. The number of benzene rings is 1. The van der Waals surface area contributed by atoms with E-state index in [0.717, 1.165) is 5.01 Å². The SMILES string of the molecule is Fc1ccccc1-c1csc(CBr)n1. The second kappa shape index (κ2) is 4.19. The Morgan fingerprint density at radius 2 is 2.14 bits per heavy atom. The van der Waals surface area contributed by atoms with Gasteiger partial charge in [0.25, 0.3) is 0 Å². The third-order valence-electron chi connectivity index (χ3n) is 1.82. The zero-order chi connectivity index (χ0) is 9.97. The lowest BCUT2D eigenvalue weighted by molar-refractivity contribution is 0.631. The van der Waals surface area contributed by atoms with Crippen molar-refractivity contribution in [1.82, 2.24) is 4.98 Å². The van der Waals surface area contributed by atoms with Crippen LogP contribution in [0.3, 0.4) is 0 Å².